The number of aromatic nitrogens is 1. The summed E-state index contributed by atoms with van der Waals surface area (Å²) in [6.07, 6.45) is -1.12. The van der Waals surface area contributed by atoms with Crippen LogP contribution in [0.4, 0.5) is 18.0 Å². The van der Waals surface area contributed by atoms with E-state index < -0.39 is 17.8 Å². The third-order valence-corrected chi connectivity index (χ3v) is 5.26. The second kappa shape index (κ2) is 12.1. The van der Waals surface area contributed by atoms with Crippen molar-refractivity contribution in [3.63, 3.8) is 0 Å². The number of aryl methyl sites for hydroxylation is 1. The highest BCUT2D eigenvalue weighted by molar-refractivity contribution is 6.31. The predicted molar refractivity (Wildman–Crippen MR) is 119 cm³/mol. The van der Waals surface area contributed by atoms with Crippen LogP contribution in [0.15, 0.2) is 30.5 Å². The third kappa shape index (κ3) is 8.25. The Hall–Kier alpha value is -2.72. The van der Waals surface area contributed by atoms with E-state index in [9.17, 15) is 18.0 Å². The summed E-state index contributed by atoms with van der Waals surface area (Å²) < 4.78 is 60.2. The molecule has 1 aromatic heterocycles. The molecular formula is C23H26ClF3N2O5. The maximum atomic E-state index is 12.9. The van der Waals surface area contributed by atoms with Gasteiger partial charge in [0.1, 0.15) is 23.1 Å². The van der Waals surface area contributed by atoms with E-state index in [0.717, 1.165) is 24.5 Å². The fraction of sp³-hybridized carbons (Fsp3) is 0.478. The van der Waals surface area contributed by atoms with Gasteiger partial charge in [0.2, 0.25) is 5.88 Å². The Labute approximate surface area is 200 Å². The molecule has 1 aromatic carbocycles. The Balaban J connectivity index is 1.65. The molecule has 1 N–H and O–H groups in total. The van der Waals surface area contributed by atoms with Crippen LogP contribution in [-0.2, 0) is 22.1 Å². The van der Waals surface area contributed by atoms with Gasteiger partial charge >= 0.3 is 12.3 Å². The van der Waals surface area contributed by atoms with Crippen LogP contribution in [0.5, 0.6) is 17.4 Å². The van der Waals surface area contributed by atoms with Crippen molar-refractivity contribution < 1.29 is 36.9 Å². The number of alkyl halides is 3. The van der Waals surface area contributed by atoms with Crippen LogP contribution in [0, 0.1) is 5.92 Å². The fourth-order valence-corrected chi connectivity index (χ4v) is 3.16. The van der Waals surface area contributed by atoms with Crippen molar-refractivity contribution in [2.24, 2.45) is 5.92 Å². The molecule has 0 aliphatic heterocycles. The SMILES string of the molecule is COCCOc1ccc(CCCOC(=O)NCC2CC2)c(Oc2ncc(C(F)(F)F)cc2Cl)c1. The van der Waals surface area contributed by atoms with Crippen molar-refractivity contribution >= 4 is 17.7 Å². The van der Waals surface area contributed by atoms with Crippen molar-refractivity contribution in [2.45, 2.75) is 31.9 Å². The van der Waals surface area contributed by atoms with Crippen LogP contribution in [0.25, 0.3) is 0 Å². The van der Waals surface area contributed by atoms with Crippen molar-refractivity contribution in [1.82, 2.24) is 10.3 Å². The number of hydrogen-bond acceptors (Lipinski definition) is 6. The van der Waals surface area contributed by atoms with Gasteiger partial charge in [-0.15, -0.1) is 0 Å². The zero-order chi connectivity index (χ0) is 24.6. The number of carbonyl (C=O) groups is 1. The molecule has 1 aliphatic carbocycles. The molecule has 1 fully saturated rings. The standard InChI is InChI=1S/C23H26ClF3N2O5/c1-31-9-10-32-18-7-6-16(3-2-8-33-22(30)29-13-15-4-5-15)20(12-18)34-21-19(24)11-17(14-28-21)23(25,26)27/h6-7,11-12,14-15H,2-5,8-10,13H2,1H3,(H,29,30). The van der Waals surface area contributed by atoms with Gasteiger partial charge < -0.3 is 24.3 Å². The number of pyridine rings is 1. The lowest BCUT2D eigenvalue weighted by atomic mass is 10.1. The number of nitrogens with one attached hydrogen (secondary N) is 1. The summed E-state index contributed by atoms with van der Waals surface area (Å²) in [6.45, 7) is 1.51. The summed E-state index contributed by atoms with van der Waals surface area (Å²) in [4.78, 5) is 15.4. The smallest absolute Gasteiger partial charge is 0.417 e. The Morgan fingerprint density at radius 2 is 2.00 bits per heavy atom. The van der Waals surface area contributed by atoms with Crippen molar-refractivity contribution in [2.75, 3.05) is 33.5 Å². The van der Waals surface area contributed by atoms with Crippen molar-refractivity contribution in [3.05, 3.63) is 46.6 Å². The highest BCUT2D eigenvalue weighted by Crippen LogP contribution is 2.36. The van der Waals surface area contributed by atoms with E-state index in [1.54, 1.807) is 25.3 Å². The summed E-state index contributed by atoms with van der Waals surface area (Å²) >= 11 is 6.00. The number of rotatable bonds is 12. The molecule has 3 rings (SSSR count). The monoisotopic (exact) mass is 502 g/mol. The van der Waals surface area contributed by atoms with Gasteiger partial charge in [0.15, 0.2) is 0 Å². The third-order valence-electron chi connectivity index (χ3n) is 4.99. The van der Waals surface area contributed by atoms with Gasteiger partial charge in [0.05, 0.1) is 18.8 Å². The van der Waals surface area contributed by atoms with Crippen LogP contribution in [0.1, 0.15) is 30.4 Å². The van der Waals surface area contributed by atoms with E-state index in [1.165, 1.54) is 0 Å². The van der Waals surface area contributed by atoms with Crippen LogP contribution in [0.2, 0.25) is 5.02 Å². The van der Waals surface area contributed by atoms with Gasteiger partial charge in [-0.2, -0.15) is 13.2 Å². The van der Waals surface area contributed by atoms with E-state index in [-0.39, 0.29) is 17.5 Å². The minimum atomic E-state index is -4.57. The lowest BCUT2D eigenvalue weighted by Gasteiger charge is -2.15. The first kappa shape index (κ1) is 25.9. The largest absolute Gasteiger partial charge is 0.491 e. The van der Waals surface area contributed by atoms with Crippen LogP contribution in [0.3, 0.4) is 0 Å². The Morgan fingerprint density at radius 3 is 2.68 bits per heavy atom. The molecule has 1 amide bonds. The summed E-state index contributed by atoms with van der Waals surface area (Å²) in [5.74, 6) is 1.19. The van der Waals surface area contributed by atoms with E-state index in [4.69, 9.17) is 30.5 Å². The number of alkyl carbamates (subject to hydrolysis) is 1. The molecule has 0 bridgehead atoms. The fourth-order valence-electron chi connectivity index (χ4n) is 2.96. The average molecular weight is 503 g/mol. The molecular weight excluding hydrogens is 477 g/mol. The van der Waals surface area contributed by atoms with Crippen LogP contribution >= 0.6 is 11.6 Å². The molecule has 0 radical (unpaired) electrons. The number of methoxy groups -OCH3 is 1. The number of nitrogens with zero attached hydrogens (tertiary/aromatic N) is 1. The first-order valence-electron chi connectivity index (χ1n) is 10.8. The Morgan fingerprint density at radius 1 is 1.21 bits per heavy atom. The van der Waals surface area contributed by atoms with Gasteiger partial charge in [0.25, 0.3) is 0 Å². The van der Waals surface area contributed by atoms with Gasteiger partial charge in [-0.1, -0.05) is 17.7 Å². The lowest BCUT2D eigenvalue weighted by molar-refractivity contribution is -0.137. The molecule has 11 heteroatoms. The predicted octanol–water partition coefficient (Wildman–Crippen LogP) is 5.64. The molecule has 0 saturated heterocycles. The second-order valence-corrected chi connectivity index (χ2v) is 8.19. The van der Waals surface area contributed by atoms with Gasteiger partial charge in [-0.3, -0.25) is 0 Å². The molecule has 1 saturated carbocycles. The van der Waals surface area contributed by atoms with Crippen LogP contribution < -0.4 is 14.8 Å². The average Bonchev–Trinajstić information content (AvgIpc) is 3.62. The Kier molecular flexibility index (Phi) is 9.23. The van der Waals surface area contributed by atoms with E-state index in [0.29, 0.717) is 56.2 Å². The highest BCUT2D eigenvalue weighted by atomic mass is 35.5. The number of benzene rings is 1. The number of ether oxygens (including phenoxy) is 4. The van der Waals surface area contributed by atoms with Crippen LogP contribution in [-0.4, -0.2) is 44.6 Å². The minimum Gasteiger partial charge on any atom is -0.491 e. The van der Waals surface area contributed by atoms with Crippen molar-refractivity contribution in [1.29, 1.82) is 0 Å². The molecule has 0 spiro atoms. The normalized spacial score (nSPS) is 13.4. The second-order valence-electron chi connectivity index (χ2n) is 7.79. The zero-order valence-electron chi connectivity index (χ0n) is 18.6. The molecule has 2 aromatic rings. The maximum absolute atomic E-state index is 12.9. The molecule has 7 nitrogen and oxygen atoms in total. The highest BCUT2D eigenvalue weighted by Gasteiger charge is 2.32. The summed E-state index contributed by atoms with van der Waals surface area (Å²) in [5, 5.41) is 2.45. The topological polar surface area (TPSA) is 78.9 Å². The number of carbonyl (C=O) groups excluding carboxylic acids is 1. The lowest BCUT2D eigenvalue weighted by Crippen LogP contribution is -2.26. The van der Waals surface area contributed by atoms with E-state index in [2.05, 4.69) is 10.3 Å². The number of amides is 1. The molecule has 0 unspecified atom stereocenters. The van der Waals surface area contributed by atoms with Gasteiger partial charge in [0, 0.05) is 25.9 Å². The minimum absolute atomic E-state index is 0.166. The Bertz CT molecular complexity index is 970. The molecule has 186 valence electrons. The molecule has 1 heterocycles. The van der Waals surface area contributed by atoms with Crippen molar-refractivity contribution in [3.8, 4) is 17.4 Å². The quantitative estimate of drug-likeness (QED) is 0.378. The summed E-state index contributed by atoms with van der Waals surface area (Å²) in [5.41, 5.74) is -0.252. The summed E-state index contributed by atoms with van der Waals surface area (Å²) in [6, 6.07) is 5.87. The number of hydrogen-bond donors (Lipinski definition) is 1. The summed E-state index contributed by atoms with van der Waals surface area (Å²) in [7, 11) is 1.55. The molecule has 1 aliphatic rings. The maximum Gasteiger partial charge on any atom is 0.417 e. The zero-order valence-corrected chi connectivity index (χ0v) is 19.4. The van der Waals surface area contributed by atoms with E-state index in [1.807, 2.05) is 0 Å². The molecule has 0 atom stereocenters. The number of halogens is 4. The molecule has 34 heavy (non-hydrogen) atoms. The van der Waals surface area contributed by atoms with Gasteiger partial charge in [-0.25, -0.2) is 9.78 Å². The van der Waals surface area contributed by atoms with Gasteiger partial charge in [-0.05, 0) is 49.3 Å². The van der Waals surface area contributed by atoms with E-state index >= 15 is 0 Å². The first-order valence-corrected chi connectivity index (χ1v) is 11.2. The first-order chi connectivity index (χ1) is 16.3.